The van der Waals surface area contributed by atoms with Crippen LogP contribution in [0.25, 0.3) is 10.8 Å². The minimum absolute atomic E-state index is 0. The molecular formula is C32H35BrIN3O4. The molecule has 0 aliphatic carbocycles. The number of ether oxygens (including phenoxy) is 2. The van der Waals surface area contributed by atoms with Gasteiger partial charge in [-0.15, -0.1) is 0 Å². The molecule has 0 fully saturated rings. The predicted octanol–water partition coefficient (Wildman–Crippen LogP) is 3.39. The maximum Gasteiger partial charge on any atom is 0.407 e. The molecule has 4 rings (SSSR count). The summed E-state index contributed by atoms with van der Waals surface area (Å²) in [6.45, 7) is 6.02. The Hall–Kier alpha value is -3.18. The second-order valence-electron chi connectivity index (χ2n) is 9.84. The normalized spacial score (nSPS) is 10.6. The Kier molecular flexibility index (Phi) is 12.9. The molecule has 0 unspecified atom stereocenters. The van der Waals surface area contributed by atoms with E-state index in [1.807, 2.05) is 95.8 Å². The summed E-state index contributed by atoms with van der Waals surface area (Å²) in [7, 11) is 0. The molecule has 0 saturated carbocycles. The lowest BCUT2D eigenvalue weighted by molar-refractivity contribution is -0.698. The summed E-state index contributed by atoms with van der Waals surface area (Å²) in [4.78, 5) is 27.6. The van der Waals surface area contributed by atoms with Gasteiger partial charge in [-0.25, -0.2) is 9.36 Å². The summed E-state index contributed by atoms with van der Waals surface area (Å²) in [5.74, 6) is 1.16. The van der Waals surface area contributed by atoms with Gasteiger partial charge in [0, 0.05) is 30.6 Å². The fraction of sp³-hybridized carbons (Fsp3) is 0.281. The number of fused-ring (bicyclic) bond motifs is 1. The van der Waals surface area contributed by atoms with Crippen molar-refractivity contribution in [3.63, 3.8) is 0 Å². The standard InChI is InChI=1S/C32H34BrN3O4.HI/c1-24(2)15-17-35-22-26(21-27(33)23-35)31(37)36(28-11-4-3-5-12-28)18-16-34-32(38)40-20-19-39-30-14-8-10-25-9-6-7-13-29(25)30;/h3-14,21-24H,15-20H2,1-2H3;1H. The molecule has 0 bridgehead atoms. The van der Waals surface area contributed by atoms with Crippen LogP contribution in [-0.4, -0.2) is 38.3 Å². The van der Waals surface area contributed by atoms with Crippen LogP contribution in [0.4, 0.5) is 10.5 Å². The monoisotopic (exact) mass is 731 g/mol. The molecule has 1 heterocycles. The first-order valence-corrected chi connectivity index (χ1v) is 14.3. The molecule has 0 saturated heterocycles. The summed E-state index contributed by atoms with van der Waals surface area (Å²) < 4.78 is 14.0. The van der Waals surface area contributed by atoms with Crippen LogP contribution in [-0.2, 0) is 11.3 Å². The van der Waals surface area contributed by atoms with Gasteiger partial charge in [0.15, 0.2) is 12.4 Å². The summed E-state index contributed by atoms with van der Waals surface area (Å²) in [6, 6.07) is 25.1. The highest BCUT2D eigenvalue weighted by Gasteiger charge is 2.21. The Morgan fingerprint density at radius 1 is 0.951 bits per heavy atom. The first-order valence-electron chi connectivity index (χ1n) is 13.5. The Balaban J connectivity index is 0.00000462. The van der Waals surface area contributed by atoms with Crippen molar-refractivity contribution in [1.29, 1.82) is 0 Å². The van der Waals surface area contributed by atoms with Gasteiger partial charge in [-0.3, -0.25) is 4.79 Å². The molecule has 216 valence electrons. The number of halogens is 2. The largest absolute Gasteiger partial charge is 1.00 e. The van der Waals surface area contributed by atoms with Crippen molar-refractivity contribution in [3.8, 4) is 5.75 Å². The fourth-order valence-electron chi connectivity index (χ4n) is 4.29. The molecule has 0 aliphatic heterocycles. The quantitative estimate of drug-likeness (QED) is 0.138. The number of hydrogen-bond donors (Lipinski definition) is 1. The summed E-state index contributed by atoms with van der Waals surface area (Å²) >= 11 is 3.55. The highest BCUT2D eigenvalue weighted by Crippen LogP contribution is 2.25. The Morgan fingerprint density at radius 2 is 1.68 bits per heavy atom. The summed E-state index contributed by atoms with van der Waals surface area (Å²) in [5.41, 5.74) is 1.31. The number of rotatable bonds is 12. The molecule has 4 aromatic rings. The first kappa shape index (κ1) is 32.3. The van der Waals surface area contributed by atoms with Crippen molar-refractivity contribution >= 4 is 44.4 Å². The minimum Gasteiger partial charge on any atom is -1.00 e. The van der Waals surface area contributed by atoms with Crippen LogP contribution < -0.4 is 43.5 Å². The zero-order valence-electron chi connectivity index (χ0n) is 23.3. The SMILES string of the molecule is CC(C)CC[n+]1cc(Br)cc(C(=O)N(CCNC(=O)OCCOc2cccc3ccccc23)c2ccccc2)c1.[I-]. The number of carbonyl (C=O) groups is 2. The van der Waals surface area contributed by atoms with E-state index in [4.69, 9.17) is 9.47 Å². The lowest BCUT2D eigenvalue weighted by Crippen LogP contribution is -3.00. The third kappa shape index (κ3) is 9.71. The smallest absolute Gasteiger partial charge is 0.407 e. The molecule has 0 radical (unpaired) electrons. The number of hydrogen-bond acceptors (Lipinski definition) is 4. The number of nitrogens with zero attached hydrogens (tertiary/aromatic N) is 2. The molecule has 41 heavy (non-hydrogen) atoms. The number of nitrogens with one attached hydrogen (secondary N) is 1. The second kappa shape index (κ2) is 16.3. The third-order valence-electron chi connectivity index (χ3n) is 6.34. The van der Waals surface area contributed by atoms with Crippen LogP contribution in [0.2, 0.25) is 0 Å². The van der Waals surface area contributed by atoms with Crippen molar-refractivity contribution in [3.05, 3.63) is 101 Å². The molecular weight excluding hydrogens is 697 g/mol. The lowest BCUT2D eigenvalue weighted by atomic mass is 10.1. The number of benzene rings is 3. The van der Waals surface area contributed by atoms with E-state index in [1.165, 1.54) is 0 Å². The molecule has 0 spiro atoms. The molecule has 9 heteroatoms. The molecule has 7 nitrogen and oxygen atoms in total. The summed E-state index contributed by atoms with van der Waals surface area (Å²) in [5, 5.41) is 4.85. The van der Waals surface area contributed by atoms with E-state index in [1.54, 1.807) is 4.90 Å². The van der Waals surface area contributed by atoms with Gasteiger partial charge in [0.05, 0.1) is 4.47 Å². The number of aromatic nitrogens is 1. The zero-order valence-corrected chi connectivity index (χ0v) is 27.0. The third-order valence-corrected chi connectivity index (χ3v) is 6.77. The highest BCUT2D eigenvalue weighted by molar-refractivity contribution is 9.10. The molecule has 1 aromatic heterocycles. The Bertz CT molecular complexity index is 1430. The van der Waals surface area contributed by atoms with Gasteiger partial charge in [0.2, 0.25) is 0 Å². The number of anilines is 1. The first-order chi connectivity index (χ1) is 19.4. The maximum atomic E-state index is 13.6. The van der Waals surface area contributed by atoms with Crippen molar-refractivity contribution in [1.82, 2.24) is 5.32 Å². The van der Waals surface area contributed by atoms with Crippen molar-refractivity contribution < 1.29 is 47.6 Å². The van der Waals surface area contributed by atoms with E-state index < -0.39 is 6.09 Å². The lowest BCUT2D eigenvalue weighted by Gasteiger charge is -2.23. The van der Waals surface area contributed by atoms with Crippen LogP contribution in [0.1, 0.15) is 30.6 Å². The number of aryl methyl sites for hydroxylation is 1. The number of pyridine rings is 1. The Labute approximate surface area is 267 Å². The maximum absolute atomic E-state index is 13.6. The number of carbonyl (C=O) groups excluding carboxylic acids is 2. The predicted molar refractivity (Wildman–Crippen MR) is 161 cm³/mol. The second-order valence-corrected chi connectivity index (χ2v) is 10.8. The van der Waals surface area contributed by atoms with Crippen molar-refractivity contribution in [2.75, 3.05) is 31.2 Å². The minimum atomic E-state index is -0.559. The van der Waals surface area contributed by atoms with Gasteiger partial charge in [-0.2, -0.15) is 0 Å². The molecule has 1 N–H and O–H groups in total. The number of alkyl carbamates (subject to hydrolysis) is 1. The van der Waals surface area contributed by atoms with Gasteiger partial charge >= 0.3 is 6.09 Å². The van der Waals surface area contributed by atoms with Gasteiger partial charge in [-0.05, 0) is 51.5 Å². The average Bonchev–Trinajstić information content (AvgIpc) is 2.96. The molecule has 0 atom stereocenters. The Morgan fingerprint density at radius 3 is 2.46 bits per heavy atom. The van der Waals surface area contributed by atoms with E-state index >= 15 is 0 Å². The zero-order chi connectivity index (χ0) is 28.3. The summed E-state index contributed by atoms with van der Waals surface area (Å²) in [6.07, 6.45) is 4.31. The van der Waals surface area contributed by atoms with E-state index in [2.05, 4.69) is 35.1 Å². The van der Waals surface area contributed by atoms with Crippen LogP contribution in [0.5, 0.6) is 5.75 Å². The highest BCUT2D eigenvalue weighted by atomic mass is 127. The van der Waals surface area contributed by atoms with Crippen LogP contribution in [0.3, 0.4) is 0 Å². The molecule has 3 aromatic carbocycles. The van der Waals surface area contributed by atoms with Gasteiger partial charge < -0.3 is 43.7 Å². The van der Waals surface area contributed by atoms with Gasteiger partial charge in [0.25, 0.3) is 5.91 Å². The van der Waals surface area contributed by atoms with Gasteiger partial charge in [-0.1, -0.05) is 68.4 Å². The fourth-order valence-corrected chi connectivity index (χ4v) is 4.80. The van der Waals surface area contributed by atoms with E-state index in [9.17, 15) is 9.59 Å². The van der Waals surface area contributed by atoms with Crippen molar-refractivity contribution in [2.24, 2.45) is 5.92 Å². The average molecular weight is 732 g/mol. The van der Waals surface area contributed by atoms with Crippen molar-refractivity contribution in [2.45, 2.75) is 26.8 Å². The van der Waals surface area contributed by atoms with E-state index in [0.717, 1.165) is 39.6 Å². The van der Waals surface area contributed by atoms with Crippen LogP contribution in [0.15, 0.2) is 95.7 Å². The van der Waals surface area contributed by atoms with E-state index in [0.29, 0.717) is 11.5 Å². The molecule has 0 aliphatic rings. The van der Waals surface area contributed by atoms with E-state index in [-0.39, 0.29) is 56.2 Å². The van der Waals surface area contributed by atoms with Crippen LogP contribution in [0, 0.1) is 5.92 Å². The number of para-hydroxylation sites is 1. The number of amides is 2. The molecule has 2 amide bonds. The topological polar surface area (TPSA) is 71.8 Å². The van der Waals surface area contributed by atoms with Crippen LogP contribution >= 0.6 is 15.9 Å². The van der Waals surface area contributed by atoms with Gasteiger partial charge in [0.1, 0.15) is 31.1 Å².